The molecule has 0 spiro atoms. The maximum atomic E-state index is 11.9. The van der Waals surface area contributed by atoms with E-state index in [0.717, 1.165) is 16.5 Å². The van der Waals surface area contributed by atoms with E-state index in [1.54, 1.807) is 6.07 Å². The minimum Gasteiger partial charge on any atom is -0.318 e. The van der Waals surface area contributed by atoms with Crippen molar-refractivity contribution in [2.75, 3.05) is 5.32 Å². The van der Waals surface area contributed by atoms with Crippen LogP contribution in [0.3, 0.4) is 0 Å². The monoisotopic (exact) mass is 434 g/mol. The molecule has 1 heterocycles. The predicted molar refractivity (Wildman–Crippen MR) is 112 cm³/mol. The number of pyridine rings is 1. The number of carbonyl (C=O) groups is 2. The van der Waals surface area contributed by atoms with Crippen LogP contribution in [0.2, 0.25) is 15.2 Å². The van der Waals surface area contributed by atoms with Gasteiger partial charge in [-0.25, -0.2) is 10.4 Å². The van der Waals surface area contributed by atoms with Gasteiger partial charge >= 0.3 is 11.8 Å². The topological polar surface area (TPSA) is 83.5 Å². The predicted octanol–water partition coefficient (Wildman–Crippen LogP) is 4.59. The van der Waals surface area contributed by atoms with Gasteiger partial charge in [0.1, 0.15) is 5.15 Å². The third-order valence-corrected chi connectivity index (χ3v) is 4.75. The van der Waals surface area contributed by atoms with Gasteiger partial charge < -0.3 is 5.32 Å². The molecule has 0 fully saturated rings. The fraction of sp³-hybridized carbons (Fsp3) is 0.0526. The van der Waals surface area contributed by atoms with Crippen molar-refractivity contribution in [3.8, 4) is 0 Å². The average molecular weight is 436 g/mol. The minimum atomic E-state index is -0.956. The quantitative estimate of drug-likeness (QED) is 0.273. The van der Waals surface area contributed by atoms with Crippen LogP contribution < -0.4 is 10.7 Å². The number of aryl methyl sites for hydroxylation is 1. The third-order valence-electron chi connectivity index (χ3n) is 3.71. The molecular weight excluding hydrogens is 423 g/mol. The van der Waals surface area contributed by atoms with Gasteiger partial charge in [0.05, 0.1) is 21.8 Å². The number of benzene rings is 2. The third kappa shape index (κ3) is 4.78. The first kappa shape index (κ1) is 20.1. The van der Waals surface area contributed by atoms with E-state index in [1.165, 1.54) is 24.4 Å². The number of halogens is 3. The van der Waals surface area contributed by atoms with Crippen molar-refractivity contribution >= 4 is 69.4 Å². The number of carbonyl (C=O) groups excluding carboxylic acids is 2. The molecule has 0 aliphatic carbocycles. The van der Waals surface area contributed by atoms with Crippen LogP contribution in [0.25, 0.3) is 10.9 Å². The van der Waals surface area contributed by atoms with Crippen LogP contribution in [0.5, 0.6) is 0 Å². The van der Waals surface area contributed by atoms with Gasteiger partial charge in [0.15, 0.2) is 0 Å². The molecule has 0 unspecified atom stereocenters. The molecule has 6 nitrogen and oxygen atoms in total. The maximum Gasteiger partial charge on any atom is 0.329 e. The Kier molecular flexibility index (Phi) is 6.14. The van der Waals surface area contributed by atoms with E-state index < -0.39 is 11.8 Å². The number of anilines is 1. The minimum absolute atomic E-state index is 0.233. The Labute approximate surface area is 175 Å². The van der Waals surface area contributed by atoms with Crippen molar-refractivity contribution in [1.82, 2.24) is 10.4 Å². The van der Waals surface area contributed by atoms with E-state index in [4.69, 9.17) is 34.8 Å². The summed E-state index contributed by atoms with van der Waals surface area (Å²) in [6.07, 6.45) is 1.32. The van der Waals surface area contributed by atoms with Gasteiger partial charge in [0.2, 0.25) is 0 Å². The highest BCUT2D eigenvalue weighted by Crippen LogP contribution is 2.25. The number of hydrazone groups is 1. The van der Waals surface area contributed by atoms with Crippen LogP contribution in [-0.2, 0) is 9.59 Å². The first-order valence-corrected chi connectivity index (χ1v) is 9.13. The van der Waals surface area contributed by atoms with Crippen molar-refractivity contribution in [2.24, 2.45) is 5.10 Å². The van der Waals surface area contributed by atoms with Gasteiger partial charge in [-0.3, -0.25) is 9.59 Å². The number of fused-ring (bicyclic) bond motifs is 1. The summed E-state index contributed by atoms with van der Waals surface area (Å²) in [6.45, 7) is 1.96. The maximum absolute atomic E-state index is 11.9. The van der Waals surface area contributed by atoms with Crippen LogP contribution in [-0.4, -0.2) is 23.0 Å². The molecule has 0 bridgehead atoms. The van der Waals surface area contributed by atoms with Crippen LogP contribution in [0.15, 0.2) is 47.6 Å². The van der Waals surface area contributed by atoms with E-state index in [-0.39, 0.29) is 10.2 Å². The average Bonchev–Trinajstić information content (AvgIpc) is 2.65. The molecule has 0 radical (unpaired) electrons. The number of hydrogen-bond donors (Lipinski definition) is 2. The normalized spacial score (nSPS) is 11.0. The Hall–Kier alpha value is -2.67. The van der Waals surface area contributed by atoms with Crippen molar-refractivity contribution in [2.45, 2.75) is 6.92 Å². The number of nitrogens with zero attached hydrogens (tertiary/aromatic N) is 2. The molecule has 2 N–H and O–H groups in total. The molecule has 0 saturated carbocycles. The molecule has 28 heavy (non-hydrogen) atoms. The van der Waals surface area contributed by atoms with Crippen molar-refractivity contribution < 1.29 is 9.59 Å². The summed E-state index contributed by atoms with van der Waals surface area (Å²) in [7, 11) is 0. The molecule has 2 aromatic carbocycles. The Morgan fingerprint density at radius 1 is 1.00 bits per heavy atom. The lowest BCUT2D eigenvalue weighted by atomic mass is 10.1. The molecular formula is C19H13Cl3N4O2. The molecule has 0 aliphatic rings. The fourth-order valence-corrected chi connectivity index (χ4v) is 2.83. The summed E-state index contributed by atoms with van der Waals surface area (Å²) in [4.78, 5) is 28.1. The summed E-state index contributed by atoms with van der Waals surface area (Å²) in [6, 6.07) is 12.0. The zero-order chi connectivity index (χ0) is 20.3. The van der Waals surface area contributed by atoms with Gasteiger partial charge in [0, 0.05) is 16.6 Å². The summed E-state index contributed by atoms with van der Waals surface area (Å²) in [5.74, 6) is -1.86. The summed E-state index contributed by atoms with van der Waals surface area (Å²) < 4.78 is 0. The van der Waals surface area contributed by atoms with E-state index in [0.29, 0.717) is 16.3 Å². The summed E-state index contributed by atoms with van der Waals surface area (Å²) in [5, 5.41) is 7.86. The Morgan fingerprint density at radius 2 is 1.79 bits per heavy atom. The van der Waals surface area contributed by atoms with E-state index in [1.807, 2.05) is 25.1 Å². The van der Waals surface area contributed by atoms with Crippen LogP contribution >= 0.6 is 34.8 Å². The Bertz CT molecular complexity index is 1120. The molecule has 142 valence electrons. The molecule has 0 saturated heterocycles. The molecule has 0 aliphatic heterocycles. The smallest absolute Gasteiger partial charge is 0.318 e. The lowest BCUT2D eigenvalue weighted by molar-refractivity contribution is -0.136. The molecule has 2 amide bonds. The number of nitrogens with one attached hydrogen (secondary N) is 2. The molecule has 1 aromatic heterocycles. The van der Waals surface area contributed by atoms with Gasteiger partial charge in [-0.15, -0.1) is 0 Å². The zero-order valence-electron chi connectivity index (χ0n) is 14.5. The molecule has 0 atom stereocenters. The lowest BCUT2D eigenvalue weighted by Crippen LogP contribution is -2.32. The van der Waals surface area contributed by atoms with E-state index in [2.05, 4.69) is 20.8 Å². The van der Waals surface area contributed by atoms with E-state index in [9.17, 15) is 9.59 Å². The molecule has 9 heteroatoms. The first-order valence-electron chi connectivity index (χ1n) is 8.00. The highest BCUT2D eigenvalue weighted by Gasteiger charge is 2.13. The SMILES string of the molecule is Cc1ccc2cc(/C=N/NC(=O)C(=O)Nc3ccc(Cl)c(Cl)c3)c(Cl)nc2c1. The van der Waals surface area contributed by atoms with Gasteiger partial charge in [0.25, 0.3) is 0 Å². The molecule has 3 rings (SSSR count). The van der Waals surface area contributed by atoms with Crippen molar-refractivity contribution in [3.05, 3.63) is 68.8 Å². The number of hydrogen-bond acceptors (Lipinski definition) is 4. The number of aromatic nitrogens is 1. The zero-order valence-corrected chi connectivity index (χ0v) is 16.7. The summed E-state index contributed by atoms with van der Waals surface area (Å²) in [5.41, 5.74) is 4.79. The molecule has 3 aromatic rings. The standard InChI is InChI=1S/C19H13Cl3N4O2/c1-10-2-3-11-7-12(17(22)25-16(11)6-10)9-23-26-19(28)18(27)24-13-4-5-14(20)15(21)8-13/h2-9H,1H3,(H,24,27)(H,26,28)/b23-9+. The highest BCUT2D eigenvalue weighted by atomic mass is 35.5. The summed E-state index contributed by atoms with van der Waals surface area (Å²) >= 11 is 17.8. The van der Waals surface area contributed by atoms with Crippen molar-refractivity contribution in [1.29, 1.82) is 0 Å². The second-order valence-corrected chi connectivity index (χ2v) is 7.02. The number of rotatable bonds is 3. The number of amides is 2. The first-order chi connectivity index (χ1) is 13.3. The van der Waals surface area contributed by atoms with Crippen LogP contribution in [0.1, 0.15) is 11.1 Å². The van der Waals surface area contributed by atoms with Gasteiger partial charge in [-0.1, -0.05) is 46.9 Å². The van der Waals surface area contributed by atoms with E-state index >= 15 is 0 Å². The fourth-order valence-electron chi connectivity index (χ4n) is 2.33. The van der Waals surface area contributed by atoms with Crippen LogP contribution in [0, 0.1) is 6.92 Å². The Morgan fingerprint density at radius 3 is 2.54 bits per heavy atom. The van der Waals surface area contributed by atoms with Gasteiger partial charge in [-0.05, 0) is 42.8 Å². The van der Waals surface area contributed by atoms with Crippen LogP contribution in [0.4, 0.5) is 5.69 Å². The van der Waals surface area contributed by atoms with Gasteiger partial charge in [-0.2, -0.15) is 5.10 Å². The second kappa shape index (κ2) is 8.56. The Balaban J connectivity index is 1.66. The second-order valence-electron chi connectivity index (χ2n) is 5.85. The highest BCUT2D eigenvalue weighted by molar-refractivity contribution is 6.43. The van der Waals surface area contributed by atoms with Crippen molar-refractivity contribution in [3.63, 3.8) is 0 Å². The largest absolute Gasteiger partial charge is 0.329 e. The lowest BCUT2D eigenvalue weighted by Gasteiger charge is -2.05.